The minimum atomic E-state index is 0.744. The van der Waals surface area contributed by atoms with Gasteiger partial charge >= 0.3 is 0 Å². The van der Waals surface area contributed by atoms with Crippen LogP contribution in [0.25, 0.3) is 0 Å². The van der Waals surface area contributed by atoms with Gasteiger partial charge in [0.25, 0.3) is 0 Å². The Morgan fingerprint density at radius 2 is 1.95 bits per heavy atom. The topological polar surface area (TPSA) is 53.9 Å². The lowest BCUT2D eigenvalue weighted by Gasteiger charge is -2.17. The van der Waals surface area contributed by atoms with Gasteiger partial charge in [0.05, 0.1) is 18.1 Å². The third-order valence-corrected chi connectivity index (χ3v) is 2.93. The van der Waals surface area contributed by atoms with E-state index >= 15 is 0 Å². The Bertz CT molecular complexity index is 483. The fraction of sp³-hybridized carbons (Fsp3) is 0.357. The second-order valence-corrected chi connectivity index (χ2v) is 4.42. The SMILES string of the molecule is CNCc1cnc(N(C)CCc2ccncc2)cn1. The number of hydrogen-bond acceptors (Lipinski definition) is 5. The largest absolute Gasteiger partial charge is 0.358 e. The number of aromatic nitrogens is 3. The van der Waals surface area contributed by atoms with Crippen LogP contribution in [0.2, 0.25) is 0 Å². The number of hydrogen-bond donors (Lipinski definition) is 1. The first-order chi connectivity index (χ1) is 9.29. The van der Waals surface area contributed by atoms with E-state index in [1.54, 1.807) is 0 Å². The molecule has 2 heterocycles. The number of pyridine rings is 1. The van der Waals surface area contributed by atoms with Crippen LogP contribution in [-0.2, 0) is 13.0 Å². The summed E-state index contributed by atoms with van der Waals surface area (Å²) in [5.41, 5.74) is 2.23. The molecule has 0 bridgehead atoms. The average Bonchev–Trinajstić information content (AvgIpc) is 2.47. The van der Waals surface area contributed by atoms with Gasteiger partial charge in [0.15, 0.2) is 0 Å². The molecule has 0 radical (unpaired) electrons. The van der Waals surface area contributed by atoms with Crippen LogP contribution in [0.5, 0.6) is 0 Å². The molecule has 5 heteroatoms. The second-order valence-electron chi connectivity index (χ2n) is 4.42. The minimum Gasteiger partial charge on any atom is -0.358 e. The maximum absolute atomic E-state index is 4.42. The molecule has 0 aliphatic carbocycles. The van der Waals surface area contributed by atoms with Crippen molar-refractivity contribution in [3.8, 4) is 0 Å². The molecule has 0 aromatic carbocycles. The van der Waals surface area contributed by atoms with Crippen molar-refractivity contribution in [1.82, 2.24) is 20.3 Å². The predicted molar refractivity (Wildman–Crippen MR) is 76.0 cm³/mol. The maximum atomic E-state index is 4.42. The fourth-order valence-electron chi connectivity index (χ4n) is 1.78. The molecule has 0 unspecified atom stereocenters. The van der Waals surface area contributed by atoms with E-state index in [0.717, 1.165) is 31.0 Å². The van der Waals surface area contributed by atoms with Gasteiger partial charge in [-0.15, -0.1) is 0 Å². The number of anilines is 1. The van der Waals surface area contributed by atoms with Crippen LogP contribution in [0.1, 0.15) is 11.3 Å². The first-order valence-electron chi connectivity index (χ1n) is 6.35. The minimum absolute atomic E-state index is 0.744. The molecule has 0 saturated heterocycles. The van der Waals surface area contributed by atoms with E-state index in [9.17, 15) is 0 Å². The summed E-state index contributed by atoms with van der Waals surface area (Å²) in [6, 6.07) is 4.07. The van der Waals surface area contributed by atoms with E-state index in [1.165, 1.54) is 5.56 Å². The number of nitrogens with zero attached hydrogens (tertiary/aromatic N) is 4. The highest BCUT2D eigenvalue weighted by Crippen LogP contribution is 2.08. The van der Waals surface area contributed by atoms with Gasteiger partial charge in [0.2, 0.25) is 0 Å². The highest BCUT2D eigenvalue weighted by molar-refractivity contribution is 5.34. The molecule has 0 amide bonds. The van der Waals surface area contributed by atoms with Gasteiger partial charge in [-0.3, -0.25) is 9.97 Å². The third kappa shape index (κ3) is 3.99. The Balaban J connectivity index is 1.90. The molecule has 1 N–H and O–H groups in total. The summed E-state index contributed by atoms with van der Waals surface area (Å²) in [7, 11) is 3.93. The molecule has 0 aliphatic rings. The summed E-state index contributed by atoms with van der Waals surface area (Å²) in [6.07, 6.45) is 8.25. The van der Waals surface area contributed by atoms with Crippen molar-refractivity contribution in [2.45, 2.75) is 13.0 Å². The molecule has 0 atom stereocenters. The second kappa shape index (κ2) is 6.80. The van der Waals surface area contributed by atoms with E-state index in [1.807, 2.05) is 51.0 Å². The van der Waals surface area contributed by atoms with Gasteiger partial charge in [-0.2, -0.15) is 0 Å². The number of rotatable bonds is 6. The molecule has 2 aromatic heterocycles. The van der Waals surface area contributed by atoms with Crippen molar-refractivity contribution in [3.63, 3.8) is 0 Å². The highest BCUT2D eigenvalue weighted by atomic mass is 15.2. The van der Waals surface area contributed by atoms with Crippen LogP contribution in [0.15, 0.2) is 36.9 Å². The molecule has 2 rings (SSSR count). The Kier molecular flexibility index (Phi) is 4.80. The summed E-state index contributed by atoms with van der Waals surface area (Å²) < 4.78 is 0. The molecular weight excluding hydrogens is 238 g/mol. The Morgan fingerprint density at radius 3 is 2.58 bits per heavy atom. The van der Waals surface area contributed by atoms with Crippen molar-refractivity contribution in [2.75, 3.05) is 25.5 Å². The lowest BCUT2D eigenvalue weighted by molar-refractivity contribution is 0.778. The van der Waals surface area contributed by atoms with Crippen molar-refractivity contribution < 1.29 is 0 Å². The van der Waals surface area contributed by atoms with Gasteiger partial charge in [0, 0.05) is 32.5 Å². The molecular formula is C14H19N5. The zero-order valence-corrected chi connectivity index (χ0v) is 11.4. The first-order valence-corrected chi connectivity index (χ1v) is 6.35. The van der Waals surface area contributed by atoms with Crippen LogP contribution in [-0.4, -0.2) is 35.6 Å². The summed E-state index contributed by atoms with van der Waals surface area (Å²) >= 11 is 0. The van der Waals surface area contributed by atoms with E-state index < -0.39 is 0 Å². The smallest absolute Gasteiger partial charge is 0.146 e. The van der Waals surface area contributed by atoms with E-state index in [0.29, 0.717) is 0 Å². The van der Waals surface area contributed by atoms with Crippen LogP contribution in [0, 0.1) is 0 Å². The van der Waals surface area contributed by atoms with Crippen LogP contribution in [0.4, 0.5) is 5.82 Å². The Labute approximate surface area is 113 Å². The lowest BCUT2D eigenvalue weighted by Crippen LogP contribution is -2.22. The van der Waals surface area contributed by atoms with Crippen LogP contribution >= 0.6 is 0 Å². The van der Waals surface area contributed by atoms with E-state index in [2.05, 4.69) is 25.2 Å². The molecule has 2 aromatic rings. The molecule has 19 heavy (non-hydrogen) atoms. The van der Waals surface area contributed by atoms with Gasteiger partial charge in [-0.05, 0) is 31.2 Å². The van der Waals surface area contributed by atoms with Crippen molar-refractivity contribution >= 4 is 5.82 Å². The standard InChI is InChI=1S/C14H19N5/c1-15-9-13-10-18-14(11-17-13)19(2)8-5-12-3-6-16-7-4-12/h3-4,6-7,10-11,15H,5,8-9H2,1-2H3. The molecule has 0 fully saturated rings. The molecule has 0 saturated carbocycles. The van der Waals surface area contributed by atoms with Gasteiger partial charge in [-0.1, -0.05) is 0 Å². The number of nitrogens with one attached hydrogen (secondary N) is 1. The van der Waals surface area contributed by atoms with Crippen molar-refractivity contribution in [2.24, 2.45) is 0 Å². The normalized spacial score (nSPS) is 10.4. The average molecular weight is 257 g/mol. The van der Waals surface area contributed by atoms with Gasteiger partial charge in [0.1, 0.15) is 5.82 Å². The molecule has 0 aliphatic heterocycles. The molecule has 0 spiro atoms. The van der Waals surface area contributed by atoms with E-state index in [-0.39, 0.29) is 0 Å². The molecule has 5 nitrogen and oxygen atoms in total. The first kappa shape index (κ1) is 13.4. The number of likely N-dealkylation sites (N-methyl/N-ethyl adjacent to an activating group) is 1. The fourth-order valence-corrected chi connectivity index (χ4v) is 1.78. The lowest BCUT2D eigenvalue weighted by atomic mass is 10.2. The monoisotopic (exact) mass is 257 g/mol. The van der Waals surface area contributed by atoms with Crippen LogP contribution < -0.4 is 10.2 Å². The zero-order valence-electron chi connectivity index (χ0n) is 11.4. The Morgan fingerprint density at radius 1 is 1.16 bits per heavy atom. The summed E-state index contributed by atoms with van der Waals surface area (Å²) in [5.74, 6) is 0.897. The molecule has 100 valence electrons. The van der Waals surface area contributed by atoms with Crippen molar-refractivity contribution in [1.29, 1.82) is 0 Å². The van der Waals surface area contributed by atoms with Crippen LogP contribution in [0.3, 0.4) is 0 Å². The summed E-state index contributed by atoms with van der Waals surface area (Å²) in [6.45, 7) is 1.65. The zero-order chi connectivity index (χ0) is 13.5. The highest BCUT2D eigenvalue weighted by Gasteiger charge is 2.03. The Hall–Kier alpha value is -2.01. The predicted octanol–water partition coefficient (Wildman–Crippen LogP) is 1.27. The van der Waals surface area contributed by atoms with Gasteiger partial charge < -0.3 is 10.2 Å². The summed E-state index contributed by atoms with van der Waals surface area (Å²) in [5, 5.41) is 3.06. The third-order valence-electron chi connectivity index (χ3n) is 2.93. The quantitative estimate of drug-likeness (QED) is 0.844. The van der Waals surface area contributed by atoms with Crippen molar-refractivity contribution in [3.05, 3.63) is 48.2 Å². The van der Waals surface area contributed by atoms with E-state index in [4.69, 9.17) is 0 Å². The van der Waals surface area contributed by atoms with Gasteiger partial charge in [-0.25, -0.2) is 4.98 Å². The maximum Gasteiger partial charge on any atom is 0.146 e. The summed E-state index contributed by atoms with van der Waals surface area (Å²) in [4.78, 5) is 14.9.